The largest absolute Gasteiger partial charge is 0.0946 e. The lowest BCUT2D eigenvalue weighted by Gasteiger charge is -2.18. The van der Waals surface area contributed by atoms with Crippen LogP contribution in [-0.4, -0.2) is 0 Å². The molecule has 0 saturated carbocycles. The summed E-state index contributed by atoms with van der Waals surface area (Å²) in [6, 6.07) is 18.4. The molecule has 0 heterocycles. The number of hydrogen-bond donors (Lipinski definition) is 0. The highest BCUT2D eigenvalue weighted by Gasteiger charge is 2.14. The van der Waals surface area contributed by atoms with Crippen molar-refractivity contribution in [2.24, 2.45) is 0 Å². The third-order valence-electron chi connectivity index (χ3n) is 3.25. The van der Waals surface area contributed by atoms with E-state index >= 15 is 0 Å². The topological polar surface area (TPSA) is 0 Å². The highest BCUT2D eigenvalue weighted by Crippen LogP contribution is 2.33. The molecular weight excluding hydrogens is 240 g/mol. The van der Waals surface area contributed by atoms with Crippen molar-refractivity contribution in [3.63, 3.8) is 0 Å². The van der Waals surface area contributed by atoms with E-state index in [0.717, 1.165) is 22.6 Å². The molecule has 1 unspecified atom stereocenters. The lowest BCUT2D eigenvalue weighted by molar-refractivity contribution is 0.824. The van der Waals surface area contributed by atoms with Gasteiger partial charge in [0.05, 0.1) is 0 Å². The van der Waals surface area contributed by atoms with E-state index in [4.69, 9.17) is 11.6 Å². The van der Waals surface area contributed by atoms with Gasteiger partial charge in [-0.2, -0.15) is 0 Å². The summed E-state index contributed by atoms with van der Waals surface area (Å²) in [5.41, 5.74) is 3.63. The monoisotopic (exact) mass is 256 g/mol. The van der Waals surface area contributed by atoms with Gasteiger partial charge in [-0.25, -0.2) is 0 Å². The van der Waals surface area contributed by atoms with Crippen molar-refractivity contribution < 1.29 is 0 Å². The maximum Gasteiger partial charge on any atom is 0.0406 e. The molecule has 2 aromatic rings. The van der Waals surface area contributed by atoms with Crippen LogP contribution in [0.3, 0.4) is 0 Å². The van der Waals surface area contributed by atoms with Crippen LogP contribution in [0.1, 0.15) is 30.4 Å². The van der Waals surface area contributed by atoms with Gasteiger partial charge >= 0.3 is 0 Å². The first-order valence-corrected chi connectivity index (χ1v) is 6.60. The Morgan fingerprint density at radius 2 is 1.67 bits per heavy atom. The molecule has 0 radical (unpaired) electrons. The lowest BCUT2D eigenvalue weighted by atomic mass is 9.86. The van der Waals surface area contributed by atoms with Crippen molar-refractivity contribution in [3.8, 4) is 0 Å². The molecule has 2 rings (SSSR count). The van der Waals surface area contributed by atoms with E-state index in [1.54, 1.807) is 0 Å². The molecule has 0 N–H and O–H groups in total. The van der Waals surface area contributed by atoms with Crippen LogP contribution >= 0.6 is 11.6 Å². The SMILES string of the molecule is C=C(c1ccc(Cl)cc1)C(CC)c1ccccc1. The summed E-state index contributed by atoms with van der Waals surface area (Å²) in [4.78, 5) is 0. The summed E-state index contributed by atoms with van der Waals surface area (Å²) in [5, 5.41) is 0.763. The van der Waals surface area contributed by atoms with Gasteiger partial charge in [0.1, 0.15) is 0 Å². The Kier molecular flexibility index (Phi) is 4.22. The highest BCUT2D eigenvalue weighted by molar-refractivity contribution is 6.30. The van der Waals surface area contributed by atoms with Gasteiger partial charge in [0.2, 0.25) is 0 Å². The van der Waals surface area contributed by atoms with Crippen LogP contribution in [0.4, 0.5) is 0 Å². The summed E-state index contributed by atoms with van der Waals surface area (Å²) >= 11 is 5.92. The minimum atomic E-state index is 0.368. The number of rotatable bonds is 4. The van der Waals surface area contributed by atoms with Gasteiger partial charge in [-0.05, 0) is 35.3 Å². The third kappa shape index (κ3) is 2.83. The van der Waals surface area contributed by atoms with Crippen molar-refractivity contribution in [2.45, 2.75) is 19.3 Å². The van der Waals surface area contributed by atoms with E-state index in [0.29, 0.717) is 5.92 Å². The van der Waals surface area contributed by atoms with E-state index in [1.807, 2.05) is 30.3 Å². The maximum atomic E-state index is 5.92. The third-order valence-corrected chi connectivity index (χ3v) is 3.50. The van der Waals surface area contributed by atoms with Crippen molar-refractivity contribution in [1.29, 1.82) is 0 Å². The van der Waals surface area contributed by atoms with Gasteiger partial charge < -0.3 is 0 Å². The van der Waals surface area contributed by atoms with Gasteiger partial charge in [0.25, 0.3) is 0 Å². The highest BCUT2D eigenvalue weighted by atomic mass is 35.5. The second-order valence-corrected chi connectivity index (χ2v) is 4.84. The van der Waals surface area contributed by atoms with Crippen LogP contribution in [0.2, 0.25) is 5.02 Å². The molecule has 0 aliphatic carbocycles. The zero-order chi connectivity index (χ0) is 13.0. The predicted octanol–water partition coefficient (Wildman–Crippen LogP) is 5.55. The Hall–Kier alpha value is -1.53. The fraction of sp³-hybridized carbons (Fsp3) is 0.176. The number of hydrogen-bond acceptors (Lipinski definition) is 0. The fourth-order valence-electron chi connectivity index (χ4n) is 2.23. The molecule has 0 fully saturated rings. The van der Waals surface area contributed by atoms with Gasteiger partial charge in [0, 0.05) is 10.9 Å². The van der Waals surface area contributed by atoms with Gasteiger partial charge in [0.15, 0.2) is 0 Å². The Morgan fingerprint density at radius 3 is 2.22 bits per heavy atom. The molecule has 18 heavy (non-hydrogen) atoms. The van der Waals surface area contributed by atoms with Crippen LogP contribution in [0.5, 0.6) is 0 Å². The first-order chi connectivity index (χ1) is 8.72. The van der Waals surface area contributed by atoms with E-state index in [-0.39, 0.29) is 0 Å². The molecule has 0 saturated heterocycles. The van der Waals surface area contributed by atoms with Crippen LogP contribution in [0, 0.1) is 0 Å². The predicted molar refractivity (Wildman–Crippen MR) is 80.0 cm³/mol. The average Bonchev–Trinajstić information content (AvgIpc) is 2.41. The van der Waals surface area contributed by atoms with Gasteiger partial charge in [-0.1, -0.05) is 67.6 Å². The summed E-state index contributed by atoms with van der Waals surface area (Å²) in [5.74, 6) is 0.368. The van der Waals surface area contributed by atoms with E-state index in [2.05, 4.69) is 37.8 Å². The molecule has 92 valence electrons. The summed E-state index contributed by atoms with van der Waals surface area (Å²) in [7, 11) is 0. The zero-order valence-electron chi connectivity index (χ0n) is 10.6. The molecule has 0 aliphatic heterocycles. The van der Waals surface area contributed by atoms with Crippen LogP contribution in [-0.2, 0) is 0 Å². The van der Waals surface area contributed by atoms with Crippen molar-refractivity contribution in [1.82, 2.24) is 0 Å². The fourth-order valence-corrected chi connectivity index (χ4v) is 2.36. The first kappa shape index (κ1) is 12.9. The van der Waals surface area contributed by atoms with Crippen LogP contribution in [0.25, 0.3) is 5.57 Å². The Bertz CT molecular complexity index is 511. The molecule has 0 aliphatic rings. The minimum absolute atomic E-state index is 0.368. The van der Waals surface area contributed by atoms with Gasteiger partial charge in [-0.3, -0.25) is 0 Å². The number of halogens is 1. The van der Waals surface area contributed by atoms with Gasteiger partial charge in [-0.15, -0.1) is 0 Å². The molecule has 2 aromatic carbocycles. The molecule has 1 atom stereocenters. The molecule has 1 heteroatoms. The Labute approximate surface area is 114 Å². The minimum Gasteiger partial charge on any atom is -0.0946 e. The smallest absolute Gasteiger partial charge is 0.0406 e. The van der Waals surface area contributed by atoms with E-state index in [9.17, 15) is 0 Å². The van der Waals surface area contributed by atoms with Crippen molar-refractivity contribution >= 4 is 17.2 Å². The molecule has 0 nitrogen and oxygen atoms in total. The summed E-state index contributed by atoms with van der Waals surface area (Å²) in [6.45, 7) is 6.45. The zero-order valence-corrected chi connectivity index (χ0v) is 11.3. The Balaban J connectivity index is 2.28. The molecule has 0 aromatic heterocycles. The maximum absolute atomic E-state index is 5.92. The molecular formula is C17H17Cl. The quantitative estimate of drug-likeness (QED) is 0.673. The standard InChI is InChI=1S/C17H17Cl/c1-3-17(15-7-5-4-6-8-15)13(2)14-9-11-16(18)12-10-14/h4-12,17H,2-3H2,1H3. The van der Waals surface area contributed by atoms with E-state index < -0.39 is 0 Å². The molecule has 0 amide bonds. The first-order valence-electron chi connectivity index (χ1n) is 6.22. The van der Waals surface area contributed by atoms with Crippen molar-refractivity contribution in [3.05, 3.63) is 77.3 Å². The Morgan fingerprint density at radius 1 is 1.06 bits per heavy atom. The van der Waals surface area contributed by atoms with Crippen LogP contribution in [0.15, 0.2) is 61.2 Å². The lowest BCUT2D eigenvalue weighted by Crippen LogP contribution is -1.99. The second-order valence-electron chi connectivity index (χ2n) is 4.40. The van der Waals surface area contributed by atoms with Crippen molar-refractivity contribution in [2.75, 3.05) is 0 Å². The van der Waals surface area contributed by atoms with Crippen LogP contribution < -0.4 is 0 Å². The normalized spacial score (nSPS) is 12.1. The number of allylic oxidation sites excluding steroid dienone is 1. The second kappa shape index (κ2) is 5.88. The molecule has 0 bridgehead atoms. The summed E-state index contributed by atoms with van der Waals surface area (Å²) < 4.78 is 0. The summed E-state index contributed by atoms with van der Waals surface area (Å²) in [6.07, 6.45) is 1.05. The number of benzene rings is 2. The van der Waals surface area contributed by atoms with E-state index in [1.165, 1.54) is 5.56 Å². The average molecular weight is 257 g/mol. The molecule has 0 spiro atoms.